The molecule has 18 heavy (non-hydrogen) atoms. The highest BCUT2D eigenvalue weighted by atomic mass is 19.4. The van der Waals surface area contributed by atoms with E-state index in [1.807, 2.05) is 0 Å². The average Bonchev–Trinajstić information content (AvgIpc) is 2.33. The molecule has 1 rings (SSSR count). The summed E-state index contributed by atoms with van der Waals surface area (Å²) in [7, 11) is 1.15. The Labute approximate surface area is 103 Å². The summed E-state index contributed by atoms with van der Waals surface area (Å²) in [6.07, 6.45) is -4.20. The van der Waals surface area contributed by atoms with Crippen LogP contribution in [0.5, 0.6) is 0 Å². The van der Waals surface area contributed by atoms with Crippen LogP contribution in [-0.2, 0) is 16.0 Å². The fraction of sp³-hybridized carbons (Fsp3) is 0.417. The van der Waals surface area contributed by atoms with Crippen LogP contribution in [-0.4, -0.2) is 31.8 Å². The quantitative estimate of drug-likeness (QED) is 0.823. The number of carbonyl (C=O) groups excluding carboxylic acids is 1. The Morgan fingerprint density at radius 2 is 1.94 bits per heavy atom. The monoisotopic (exact) mass is 261 g/mol. The van der Waals surface area contributed by atoms with Gasteiger partial charge in [0.25, 0.3) is 0 Å². The molecule has 0 bridgehead atoms. The van der Waals surface area contributed by atoms with Crippen molar-refractivity contribution < 1.29 is 22.7 Å². The number of benzene rings is 1. The van der Waals surface area contributed by atoms with Crippen LogP contribution in [0.15, 0.2) is 30.3 Å². The molecule has 0 aliphatic heterocycles. The van der Waals surface area contributed by atoms with Crippen LogP contribution in [0, 0.1) is 0 Å². The van der Waals surface area contributed by atoms with E-state index >= 15 is 0 Å². The third kappa shape index (κ3) is 5.18. The first kappa shape index (κ1) is 14.5. The maximum atomic E-state index is 12.1. The summed E-state index contributed by atoms with van der Waals surface area (Å²) in [5.74, 6) is -0.705. The second-order valence-corrected chi connectivity index (χ2v) is 3.76. The summed E-state index contributed by atoms with van der Waals surface area (Å²) < 4.78 is 40.8. The van der Waals surface area contributed by atoms with Gasteiger partial charge in [-0.2, -0.15) is 13.2 Å². The Balaban J connectivity index is 2.65. The molecule has 1 N–H and O–H groups in total. The largest absolute Gasteiger partial charge is 0.468 e. The Kier molecular flexibility index (Phi) is 5.15. The first-order valence-corrected chi connectivity index (χ1v) is 5.34. The molecule has 0 spiro atoms. The van der Waals surface area contributed by atoms with E-state index in [2.05, 4.69) is 10.1 Å². The smallest absolute Gasteiger partial charge is 0.401 e. The summed E-state index contributed by atoms with van der Waals surface area (Å²) >= 11 is 0. The first-order chi connectivity index (χ1) is 8.42. The number of ether oxygens (including phenoxy) is 1. The van der Waals surface area contributed by atoms with Gasteiger partial charge in [-0.3, -0.25) is 10.1 Å². The summed E-state index contributed by atoms with van der Waals surface area (Å²) in [5, 5.41) is 2.16. The molecular weight excluding hydrogens is 247 g/mol. The van der Waals surface area contributed by atoms with Gasteiger partial charge < -0.3 is 4.74 Å². The van der Waals surface area contributed by atoms with Crippen LogP contribution in [0.25, 0.3) is 0 Å². The van der Waals surface area contributed by atoms with E-state index in [9.17, 15) is 18.0 Å². The molecule has 0 fully saturated rings. The van der Waals surface area contributed by atoms with Crippen molar-refractivity contribution in [2.24, 2.45) is 0 Å². The highest BCUT2D eigenvalue weighted by molar-refractivity contribution is 5.76. The molecule has 0 saturated heterocycles. The summed E-state index contributed by atoms with van der Waals surface area (Å²) in [5.41, 5.74) is 0.766. The van der Waals surface area contributed by atoms with Crippen molar-refractivity contribution in [1.29, 1.82) is 0 Å². The number of hydrogen-bond acceptors (Lipinski definition) is 3. The van der Waals surface area contributed by atoms with Crippen LogP contribution in [0.3, 0.4) is 0 Å². The Morgan fingerprint density at radius 1 is 1.33 bits per heavy atom. The molecule has 0 heterocycles. The van der Waals surface area contributed by atoms with E-state index < -0.39 is 24.7 Å². The molecule has 1 unspecified atom stereocenters. The standard InChI is InChI=1S/C12H14F3NO2/c1-18-11(17)10(16-8-12(13,14)15)7-9-5-3-2-4-6-9/h2-6,10,16H,7-8H2,1H3. The third-order valence-corrected chi connectivity index (χ3v) is 2.32. The number of halogens is 3. The van der Waals surface area contributed by atoms with E-state index in [1.54, 1.807) is 30.3 Å². The van der Waals surface area contributed by atoms with Gasteiger partial charge in [0.1, 0.15) is 6.04 Å². The topological polar surface area (TPSA) is 38.3 Å². The lowest BCUT2D eigenvalue weighted by atomic mass is 10.1. The van der Waals surface area contributed by atoms with Crippen molar-refractivity contribution in [3.63, 3.8) is 0 Å². The van der Waals surface area contributed by atoms with Gasteiger partial charge in [-0.25, -0.2) is 0 Å². The number of esters is 1. The van der Waals surface area contributed by atoms with Crippen molar-refractivity contribution in [3.8, 4) is 0 Å². The normalized spacial score (nSPS) is 13.1. The predicted octanol–water partition coefficient (Wildman–Crippen LogP) is 1.92. The molecule has 1 atom stereocenters. The second-order valence-electron chi connectivity index (χ2n) is 3.76. The van der Waals surface area contributed by atoms with Crippen LogP contribution >= 0.6 is 0 Å². The van der Waals surface area contributed by atoms with Gasteiger partial charge in [0.2, 0.25) is 0 Å². The maximum absolute atomic E-state index is 12.1. The molecule has 0 aliphatic carbocycles. The third-order valence-electron chi connectivity index (χ3n) is 2.32. The zero-order chi connectivity index (χ0) is 13.6. The lowest BCUT2D eigenvalue weighted by Crippen LogP contribution is -2.44. The molecule has 100 valence electrons. The zero-order valence-electron chi connectivity index (χ0n) is 9.83. The Bertz CT molecular complexity index is 379. The van der Waals surface area contributed by atoms with Crippen molar-refractivity contribution in [2.75, 3.05) is 13.7 Å². The summed E-state index contributed by atoms with van der Waals surface area (Å²) in [6, 6.07) is 7.79. The number of alkyl halides is 3. The van der Waals surface area contributed by atoms with Gasteiger partial charge in [-0.15, -0.1) is 0 Å². The number of rotatable bonds is 5. The molecule has 6 heteroatoms. The number of hydrogen-bond donors (Lipinski definition) is 1. The molecule has 1 aromatic rings. The molecule has 3 nitrogen and oxygen atoms in total. The molecule has 0 aromatic heterocycles. The van der Waals surface area contributed by atoms with Gasteiger partial charge >= 0.3 is 12.1 Å². The Morgan fingerprint density at radius 3 is 2.44 bits per heavy atom. The van der Waals surface area contributed by atoms with E-state index in [0.29, 0.717) is 0 Å². The van der Waals surface area contributed by atoms with Crippen LogP contribution in [0.4, 0.5) is 13.2 Å². The molecule has 1 aromatic carbocycles. The zero-order valence-corrected chi connectivity index (χ0v) is 9.83. The molecule has 0 saturated carbocycles. The van der Waals surface area contributed by atoms with Gasteiger partial charge in [0.05, 0.1) is 13.7 Å². The molecule has 0 aliphatic rings. The minimum Gasteiger partial charge on any atom is -0.468 e. The average molecular weight is 261 g/mol. The van der Waals surface area contributed by atoms with Crippen molar-refractivity contribution in [1.82, 2.24) is 5.32 Å². The number of carbonyl (C=O) groups is 1. The van der Waals surface area contributed by atoms with Crippen LogP contribution < -0.4 is 5.32 Å². The second kappa shape index (κ2) is 6.39. The highest BCUT2D eigenvalue weighted by Gasteiger charge is 2.30. The minimum atomic E-state index is -4.36. The maximum Gasteiger partial charge on any atom is 0.401 e. The van der Waals surface area contributed by atoms with Crippen molar-refractivity contribution in [2.45, 2.75) is 18.6 Å². The van der Waals surface area contributed by atoms with Gasteiger partial charge in [0.15, 0.2) is 0 Å². The lowest BCUT2D eigenvalue weighted by molar-refractivity contribution is -0.146. The van der Waals surface area contributed by atoms with Crippen molar-refractivity contribution in [3.05, 3.63) is 35.9 Å². The van der Waals surface area contributed by atoms with E-state index in [0.717, 1.165) is 12.7 Å². The molecule has 0 radical (unpaired) electrons. The fourth-order valence-corrected chi connectivity index (χ4v) is 1.47. The van der Waals surface area contributed by atoms with E-state index in [4.69, 9.17) is 0 Å². The molecular formula is C12H14F3NO2. The van der Waals surface area contributed by atoms with Gasteiger partial charge in [0, 0.05) is 0 Å². The summed E-state index contributed by atoms with van der Waals surface area (Å²) in [6.45, 7) is -1.22. The predicted molar refractivity (Wildman–Crippen MR) is 60.0 cm³/mol. The van der Waals surface area contributed by atoms with E-state index in [-0.39, 0.29) is 6.42 Å². The fourth-order valence-electron chi connectivity index (χ4n) is 1.47. The molecule has 0 amide bonds. The summed E-state index contributed by atoms with van der Waals surface area (Å²) in [4.78, 5) is 11.4. The van der Waals surface area contributed by atoms with Crippen LogP contribution in [0.2, 0.25) is 0 Å². The highest BCUT2D eigenvalue weighted by Crippen LogP contribution is 2.13. The first-order valence-electron chi connectivity index (χ1n) is 5.34. The number of methoxy groups -OCH3 is 1. The van der Waals surface area contributed by atoms with E-state index in [1.165, 1.54) is 0 Å². The SMILES string of the molecule is COC(=O)C(Cc1ccccc1)NCC(F)(F)F. The lowest BCUT2D eigenvalue weighted by Gasteiger charge is -2.17. The Hall–Kier alpha value is -1.56. The van der Waals surface area contributed by atoms with Gasteiger partial charge in [-0.1, -0.05) is 30.3 Å². The van der Waals surface area contributed by atoms with Crippen LogP contribution in [0.1, 0.15) is 5.56 Å². The van der Waals surface area contributed by atoms with Gasteiger partial charge in [-0.05, 0) is 12.0 Å². The van der Waals surface area contributed by atoms with Crippen molar-refractivity contribution >= 4 is 5.97 Å². The minimum absolute atomic E-state index is 0.156. The number of nitrogens with one attached hydrogen (secondary N) is 1.